The summed E-state index contributed by atoms with van der Waals surface area (Å²) in [5, 5.41) is 5.64. The number of amides is 3. The van der Waals surface area contributed by atoms with Crippen molar-refractivity contribution in [1.29, 1.82) is 0 Å². The highest BCUT2D eigenvalue weighted by Gasteiger charge is 2.27. The molecule has 0 saturated heterocycles. The Bertz CT molecular complexity index is 1070. The molecule has 0 spiro atoms. The van der Waals surface area contributed by atoms with Crippen LogP contribution in [-0.2, 0) is 19.1 Å². The molecule has 9 heteroatoms. The maximum atomic E-state index is 12.6. The Morgan fingerprint density at radius 3 is 2.58 bits per heavy atom. The van der Waals surface area contributed by atoms with Gasteiger partial charge in [0.1, 0.15) is 6.54 Å². The minimum Gasteiger partial charge on any atom is -0.454 e. The van der Waals surface area contributed by atoms with Crippen LogP contribution in [0, 0.1) is 0 Å². The number of nitrogens with zero attached hydrogens (tertiary/aromatic N) is 1. The molecule has 0 unspecified atom stereocenters. The third-order valence-corrected chi connectivity index (χ3v) is 6.64. The van der Waals surface area contributed by atoms with E-state index < -0.39 is 18.5 Å². The maximum Gasteiger partial charge on any atom is 0.326 e. The first-order valence-electron chi connectivity index (χ1n) is 10.9. The highest BCUT2D eigenvalue weighted by molar-refractivity contribution is 8.00. The Hall–Kier alpha value is -3.33. The van der Waals surface area contributed by atoms with Gasteiger partial charge in [-0.1, -0.05) is 37.1 Å². The quantitative estimate of drug-likeness (QED) is 0.607. The Morgan fingerprint density at radius 2 is 1.76 bits per heavy atom. The summed E-state index contributed by atoms with van der Waals surface area (Å²) < 4.78 is 5.10. The van der Waals surface area contributed by atoms with Crippen LogP contribution >= 0.6 is 11.8 Å². The SMILES string of the molecule is O=C(COC(=O)CN1C(=O)CSc2ccccc21)Nc1ccccc1C(=O)NC1CCCC1. The van der Waals surface area contributed by atoms with E-state index in [4.69, 9.17) is 4.74 Å². The fourth-order valence-electron chi connectivity index (χ4n) is 3.96. The predicted octanol–water partition coefficient (Wildman–Crippen LogP) is 2.98. The molecule has 172 valence electrons. The summed E-state index contributed by atoms with van der Waals surface area (Å²) in [4.78, 5) is 51.9. The molecule has 2 aromatic rings. The topological polar surface area (TPSA) is 105 Å². The molecule has 2 aliphatic rings. The molecule has 3 amide bonds. The fourth-order valence-corrected chi connectivity index (χ4v) is 4.89. The number of carbonyl (C=O) groups is 4. The van der Waals surface area contributed by atoms with Crippen LogP contribution in [0.4, 0.5) is 11.4 Å². The number of carbonyl (C=O) groups excluding carboxylic acids is 4. The van der Waals surface area contributed by atoms with E-state index in [-0.39, 0.29) is 30.2 Å². The first-order chi connectivity index (χ1) is 16.0. The number of para-hydroxylation sites is 2. The van der Waals surface area contributed by atoms with Gasteiger partial charge in [0.25, 0.3) is 11.8 Å². The van der Waals surface area contributed by atoms with Crippen LogP contribution in [0.25, 0.3) is 0 Å². The van der Waals surface area contributed by atoms with Crippen LogP contribution in [0.3, 0.4) is 0 Å². The number of thioether (sulfide) groups is 1. The van der Waals surface area contributed by atoms with Crippen molar-refractivity contribution in [2.24, 2.45) is 0 Å². The lowest BCUT2D eigenvalue weighted by Gasteiger charge is -2.27. The lowest BCUT2D eigenvalue weighted by Crippen LogP contribution is -2.40. The van der Waals surface area contributed by atoms with Gasteiger partial charge < -0.3 is 15.4 Å². The Balaban J connectivity index is 1.31. The fraction of sp³-hybridized carbons (Fsp3) is 0.333. The number of hydrogen-bond donors (Lipinski definition) is 2. The van der Waals surface area contributed by atoms with Crippen LogP contribution in [0.1, 0.15) is 36.0 Å². The Labute approximate surface area is 196 Å². The van der Waals surface area contributed by atoms with Crippen molar-refractivity contribution in [3.05, 3.63) is 54.1 Å². The molecule has 1 saturated carbocycles. The van der Waals surface area contributed by atoms with E-state index in [1.54, 1.807) is 36.4 Å². The van der Waals surface area contributed by atoms with Gasteiger partial charge >= 0.3 is 5.97 Å². The summed E-state index contributed by atoms with van der Waals surface area (Å²) in [5.74, 6) is -1.44. The zero-order valence-corrected chi connectivity index (χ0v) is 18.9. The Kier molecular flexibility index (Phi) is 7.29. The van der Waals surface area contributed by atoms with Gasteiger partial charge in [-0.2, -0.15) is 0 Å². The van der Waals surface area contributed by atoms with Crippen LogP contribution in [0.5, 0.6) is 0 Å². The number of ether oxygens (including phenoxy) is 1. The van der Waals surface area contributed by atoms with Crippen molar-refractivity contribution in [3.8, 4) is 0 Å². The molecule has 1 aliphatic heterocycles. The normalized spacial score (nSPS) is 15.6. The van der Waals surface area contributed by atoms with E-state index in [2.05, 4.69) is 10.6 Å². The van der Waals surface area contributed by atoms with E-state index in [1.165, 1.54) is 16.7 Å². The summed E-state index contributed by atoms with van der Waals surface area (Å²) in [6.45, 7) is -0.792. The van der Waals surface area contributed by atoms with Crippen molar-refractivity contribution in [3.63, 3.8) is 0 Å². The van der Waals surface area contributed by atoms with Gasteiger partial charge in [0.05, 0.1) is 22.7 Å². The predicted molar refractivity (Wildman–Crippen MR) is 125 cm³/mol. The standard InChI is InChI=1S/C24H25N3O5S/c28-21(26-18-10-4-3-9-17(18)24(31)25-16-7-1-2-8-16)14-32-23(30)13-27-19-11-5-6-12-20(19)33-15-22(27)29/h3-6,9-12,16H,1-2,7-8,13-15H2,(H,25,31)(H,26,28). The lowest BCUT2D eigenvalue weighted by molar-refractivity contribution is -0.146. The molecule has 33 heavy (non-hydrogen) atoms. The number of nitrogens with one attached hydrogen (secondary N) is 2. The molecule has 0 aromatic heterocycles. The second-order valence-electron chi connectivity index (χ2n) is 7.95. The van der Waals surface area contributed by atoms with Crippen molar-refractivity contribution in [2.45, 2.75) is 36.6 Å². The highest BCUT2D eigenvalue weighted by atomic mass is 32.2. The number of fused-ring (bicyclic) bond motifs is 1. The molecule has 0 radical (unpaired) electrons. The summed E-state index contributed by atoms with van der Waals surface area (Å²) in [6.07, 6.45) is 4.11. The van der Waals surface area contributed by atoms with Crippen LogP contribution in [0.15, 0.2) is 53.4 Å². The van der Waals surface area contributed by atoms with Crippen molar-refractivity contribution < 1.29 is 23.9 Å². The van der Waals surface area contributed by atoms with Gasteiger partial charge in [-0.15, -0.1) is 11.8 Å². The van der Waals surface area contributed by atoms with Crippen molar-refractivity contribution >= 4 is 46.8 Å². The van der Waals surface area contributed by atoms with Gasteiger partial charge in [0.15, 0.2) is 6.61 Å². The summed E-state index contributed by atoms with van der Waals surface area (Å²) in [5.41, 5.74) is 1.37. The zero-order valence-electron chi connectivity index (χ0n) is 18.0. The van der Waals surface area contributed by atoms with Gasteiger partial charge in [-0.05, 0) is 37.1 Å². The van der Waals surface area contributed by atoms with E-state index in [0.717, 1.165) is 30.6 Å². The lowest BCUT2D eigenvalue weighted by atomic mass is 10.1. The second-order valence-corrected chi connectivity index (χ2v) is 8.96. The third kappa shape index (κ3) is 5.73. The summed E-state index contributed by atoms with van der Waals surface area (Å²) in [7, 11) is 0. The van der Waals surface area contributed by atoms with Gasteiger partial charge in [0, 0.05) is 10.9 Å². The van der Waals surface area contributed by atoms with Crippen molar-refractivity contribution in [2.75, 3.05) is 29.1 Å². The van der Waals surface area contributed by atoms with Crippen LogP contribution in [0.2, 0.25) is 0 Å². The van der Waals surface area contributed by atoms with Crippen LogP contribution < -0.4 is 15.5 Å². The van der Waals surface area contributed by atoms with Gasteiger partial charge in [-0.25, -0.2) is 0 Å². The van der Waals surface area contributed by atoms with E-state index >= 15 is 0 Å². The number of esters is 1. The first kappa shape index (κ1) is 22.8. The molecule has 2 N–H and O–H groups in total. The minimum absolute atomic E-state index is 0.156. The number of hydrogen-bond acceptors (Lipinski definition) is 6. The summed E-state index contributed by atoms with van der Waals surface area (Å²) >= 11 is 1.42. The smallest absolute Gasteiger partial charge is 0.326 e. The molecule has 1 aliphatic carbocycles. The van der Waals surface area contributed by atoms with E-state index in [9.17, 15) is 19.2 Å². The molecule has 2 aromatic carbocycles. The molecule has 0 atom stereocenters. The molecular weight excluding hydrogens is 442 g/mol. The maximum absolute atomic E-state index is 12.6. The molecular formula is C24H25N3O5S. The summed E-state index contributed by atoms with van der Waals surface area (Å²) in [6, 6.07) is 14.2. The molecule has 4 rings (SSSR count). The average Bonchev–Trinajstić information content (AvgIpc) is 3.33. The van der Waals surface area contributed by atoms with Gasteiger partial charge in [-0.3, -0.25) is 24.1 Å². The number of benzene rings is 2. The molecule has 8 nitrogen and oxygen atoms in total. The third-order valence-electron chi connectivity index (χ3n) is 5.60. The largest absolute Gasteiger partial charge is 0.454 e. The monoisotopic (exact) mass is 467 g/mol. The van der Waals surface area contributed by atoms with Gasteiger partial charge in [0.2, 0.25) is 5.91 Å². The molecule has 1 fully saturated rings. The zero-order chi connectivity index (χ0) is 23.2. The average molecular weight is 468 g/mol. The number of rotatable bonds is 7. The van der Waals surface area contributed by atoms with Crippen molar-refractivity contribution in [1.82, 2.24) is 5.32 Å². The van der Waals surface area contributed by atoms with E-state index in [0.29, 0.717) is 16.9 Å². The first-order valence-corrected chi connectivity index (χ1v) is 11.9. The van der Waals surface area contributed by atoms with E-state index in [1.807, 2.05) is 12.1 Å². The minimum atomic E-state index is -0.688. The Morgan fingerprint density at radius 1 is 1.03 bits per heavy atom. The molecule has 0 bridgehead atoms. The highest BCUT2D eigenvalue weighted by Crippen LogP contribution is 2.34. The second kappa shape index (κ2) is 10.5. The molecule has 1 heterocycles. The van der Waals surface area contributed by atoms with Crippen LogP contribution in [-0.4, -0.2) is 48.6 Å². The number of anilines is 2.